The lowest BCUT2D eigenvalue weighted by atomic mass is 10.1. The lowest BCUT2D eigenvalue weighted by molar-refractivity contribution is -0.692. The molecule has 3 aromatic rings. The number of hydrogen-bond donors (Lipinski definition) is 2. The Bertz CT molecular complexity index is 894. The van der Waals surface area contributed by atoms with Crippen molar-refractivity contribution in [3.8, 4) is 6.07 Å². The first kappa shape index (κ1) is 21.8. The highest BCUT2D eigenvalue weighted by molar-refractivity contribution is 5.71. The zero-order chi connectivity index (χ0) is 20.9. The van der Waals surface area contributed by atoms with Gasteiger partial charge in [0.05, 0.1) is 5.97 Å². The second kappa shape index (κ2) is 12.1. The van der Waals surface area contributed by atoms with Gasteiger partial charge < -0.3 is 20.3 Å². The van der Waals surface area contributed by atoms with E-state index in [1.54, 1.807) is 18.2 Å². The molecule has 0 heterocycles. The molecule has 148 valence electrons. The number of quaternary nitrogens is 1. The van der Waals surface area contributed by atoms with Crippen molar-refractivity contribution in [3.63, 3.8) is 0 Å². The van der Waals surface area contributed by atoms with E-state index in [1.807, 2.05) is 36.4 Å². The molecule has 0 aliphatic carbocycles. The van der Waals surface area contributed by atoms with Crippen molar-refractivity contribution >= 4 is 5.97 Å². The molecule has 0 unspecified atom stereocenters. The number of benzene rings is 3. The first-order valence-electron chi connectivity index (χ1n) is 9.35. The number of aliphatic carboxylic acids is 1. The summed E-state index contributed by atoms with van der Waals surface area (Å²) < 4.78 is 0. The molecule has 0 aliphatic rings. The van der Waals surface area contributed by atoms with Crippen molar-refractivity contribution in [2.75, 3.05) is 0 Å². The second-order valence-corrected chi connectivity index (χ2v) is 6.48. The van der Waals surface area contributed by atoms with Crippen LogP contribution in [0.4, 0.5) is 0 Å². The van der Waals surface area contributed by atoms with E-state index in [2.05, 4.69) is 35.7 Å². The number of carboxylic acid groups (broad SMARTS) is 1. The Morgan fingerprint density at radius 2 is 1.38 bits per heavy atom. The van der Waals surface area contributed by atoms with E-state index in [1.165, 1.54) is 23.3 Å². The molecule has 5 nitrogen and oxygen atoms in total. The summed E-state index contributed by atoms with van der Waals surface area (Å²) in [5, 5.41) is 30.4. The van der Waals surface area contributed by atoms with Gasteiger partial charge in [0.25, 0.3) is 0 Å². The summed E-state index contributed by atoms with van der Waals surface area (Å²) in [6.07, 6.45) is -0.722. The first-order valence-corrected chi connectivity index (χ1v) is 9.35. The zero-order valence-electron chi connectivity index (χ0n) is 16.0. The third kappa shape index (κ3) is 7.97. The third-order valence-corrected chi connectivity index (χ3v) is 4.28. The van der Waals surface area contributed by atoms with Crippen LogP contribution in [-0.2, 0) is 17.8 Å². The summed E-state index contributed by atoms with van der Waals surface area (Å²) in [5.74, 6) is -1.48. The lowest BCUT2D eigenvalue weighted by Crippen LogP contribution is -2.88. The molecular formula is C24H24N2O3. The number of carbonyl (C=O) groups excluding carboxylic acids is 1. The van der Waals surface area contributed by atoms with Gasteiger partial charge in [0.2, 0.25) is 0 Å². The molecule has 0 spiro atoms. The van der Waals surface area contributed by atoms with Crippen molar-refractivity contribution in [1.82, 2.24) is 0 Å². The Kier molecular flexibility index (Phi) is 9.10. The molecule has 2 atom stereocenters. The van der Waals surface area contributed by atoms with Crippen LogP contribution in [0.3, 0.4) is 0 Å². The predicted molar refractivity (Wildman–Crippen MR) is 108 cm³/mol. The molecule has 3 N–H and O–H groups in total. The number of nitrogens with zero attached hydrogens (tertiary/aromatic N) is 1. The van der Waals surface area contributed by atoms with Crippen LogP contribution in [0.25, 0.3) is 0 Å². The van der Waals surface area contributed by atoms with Gasteiger partial charge in [-0.15, -0.1) is 0 Å². The van der Waals surface area contributed by atoms with Gasteiger partial charge in [-0.05, 0) is 11.1 Å². The number of nitrogens with two attached hydrogens (primary N) is 1. The molecule has 0 saturated carbocycles. The molecule has 0 bridgehead atoms. The van der Waals surface area contributed by atoms with E-state index in [4.69, 9.17) is 5.11 Å². The van der Waals surface area contributed by atoms with Crippen LogP contribution in [-0.4, -0.2) is 17.1 Å². The molecule has 0 saturated heterocycles. The number of carboxylic acids is 1. The Morgan fingerprint density at radius 3 is 1.86 bits per heavy atom. The van der Waals surface area contributed by atoms with Crippen molar-refractivity contribution in [3.05, 3.63) is 108 Å². The quantitative estimate of drug-likeness (QED) is 0.638. The standard InChI is InChI=1S/C16H16N2.C8H8O3/c17-12-16(11-14-7-3-1-4-8-14)18-13-15-9-5-2-6-10-15;9-7(8(10)11)6-4-2-1-3-5-6/h1-10,16,18H,11,13H2;1-5,7,9H,(H,10,11)/t16-;7-/m11/s1. The summed E-state index contributed by atoms with van der Waals surface area (Å²) in [7, 11) is 0. The number of rotatable bonds is 7. The van der Waals surface area contributed by atoms with Crippen molar-refractivity contribution in [2.45, 2.75) is 25.1 Å². The van der Waals surface area contributed by atoms with E-state index in [0.717, 1.165) is 13.0 Å². The normalized spacial score (nSPS) is 12.0. The summed E-state index contributed by atoms with van der Waals surface area (Å²) in [5.41, 5.74) is 2.81. The van der Waals surface area contributed by atoms with Gasteiger partial charge in [-0.25, -0.2) is 0 Å². The maximum atomic E-state index is 10.1. The van der Waals surface area contributed by atoms with E-state index in [0.29, 0.717) is 5.56 Å². The number of aliphatic hydroxyl groups is 1. The largest absolute Gasteiger partial charge is 0.547 e. The van der Waals surface area contributed by atoms with Crippen molar-refractivity contribution in [1.29, 1.82) is 5.26 Å². The smallest absolute Gasteiger partial charge is 0.177 e. The average molecular weight is 388 g/mol. The maximum Gasteiger partial charge on any atom is 0.177 e. The summed E-state index contributed by atoms with van der Waals surface area (Å²) in [6, 6.07) is 30.9. The SMILES string of the molecule is N#C[C@@H](Cc1ccccc1)[NH2+]Cc1ccccc1.O=C([O-])[C@H](O)c1ccccc1. The Morgan fingerprint density at radius 1 is 0.897 bits per heavy atom. The fourth-order valence-electron chi connectivity index (χ4n) is 2.71. The second-order valence-electron chi connectivity index (χ2n) is 6.48. The minimum atomic E-state index is -1.52. The van der Waals surface area contributed by atoms with Crippen LogP contribution in [0.2, 0.25) is 0 Å². The highest BCUT2D eigenvalue weighted by atomic mass is 16.4. The molecule has 0 aromatic heterocycles. The number of carbonyl (C=O) groups is 1. The highest BCUT2D eigenvalue weighted by Crippen LogP contribution is 2.09. The Hall–Kier alpha value is -3.46. The molecular weight excluding hydrogens is 364 g/mol. The van der Waals surface area contributed by atoms with Crippen molar-refractivity contribution in [2.24, 2.45) is 0 Å². The van der Waals surface area contributed by atoms with E-state index >= 15 is 0 Å². The summed E-state index contributed by atoms with van der Waals surface area (Å²) in [6.45, 7) is 0.853. The minimum absolute atomic E-state index is 0.0207. The number of hydrogen-bond acceptors (Lipinski definition) is 4. The van der Waals surface area contributed by atoms with Gasteiger partial charge in [-0.3, -0.25) is 0 Å². The van der Waals surface area contributed by atoms with Crippen LogP contribution >= 0.6 is 0 Å². The number of nitriles is 1. The van der Waals surface area contributed by atoms with Gasteiger partial charge in [-0.1, -0.05) is 91.0 Å². The van der Waals surface area contributed by atoms with Crippen LogP contribution < -0.4 is 10.4 Å². The Balaban J connectivity index is 0.000000234. The Labute approximate surface area is 170 Å². The van der Waals surface area contributed by atoms with Crippen LogP contribution in [0.15, 0.2) is 91.0 Å². The van der Waals surface area contributed by atoms with Crippen LogP contribution in [0.1, 0.15) is 22.8 Å². The molecule has 29 heavy (non-hydrogen) atoms. The number of aliphatic hydroxyl groups excluding tert-OH is 1. The zero-order valence-corrected chi connectivity index (χ0v) is 16.0. The van der Waals surface area contributed by atoms with Crippen LogP contribution in [0.5, 0.6) is 0 Å². The van der Waals surface area contributed by atoms with Crippen LogP contribution in [0, 0.1) is 11.3 Å². The van der Waals surface area contributed by atoms with Gasteiger partial charge >= 0.3 is 0 Å². The molecule has 5 heteroatoms. The topological polar surface area (TPSA) is 101 Å². The fraction of sp³-hybridized carbons (Fsp3) is 0.167. The molecule has 3 rings (SSSR count). The van der Waals surface area contributed by atoms with Gasteiger partial charge in [0, 0.05) is 12.0 Å². The highest BCUT2D eigenvalue weighted by Gasteiger charge is 2.11. The molecule has 0 fully saturated rings. The molecule has 0 radical (unpaired) electrons. The molecule has 0 amide bonds. The maximum absolute atomic E-state index is 10.1. The average Bonchev–Trinajstić information content (AvgIpc) is 2.78. The fourth-order valence-corrected chi connectivity index (χ4v) is 2.71. The summed E-state index contributed by atoms with van der Waals surface area (Å²) >= 11 is 0. The molecule has 0 aliphatic heterocycles. The predicted octanol–water partition coefficient (Wildman–Crippen LogP) is 1.35. The van der Waals surface area contributed by atoms with Crippen molar-refractivity contribution < 1.29 is 20.3 Å². The summed E-state index contributed by atoms with van der Waals surface area (Å²) in [4.78, 5) is 10.1. The lowest BCUT2D eigenvalue weighted by Gasteiger charge is -2.10. The third-order valence-electron chi connectivity index (χ3n) is 4.28. The van der Waals surface area contributed by atoms with E-state index in [9.17, 15) is 15.2 Å². The molecule has 3 aromatic carbocycles. The minimum Gasteiger partial charge on any atom is -0.547 e. The monoisotopic (exact) mass is 388 g/mol. The van der Waals surface area contributed by atoms with E-state index in [-0.39, 0.29) is 6.04 Å². The van der Waals surface area contributed by atoms with E-state index < -0.39 is 12.1 Å². The van der Waals surface area contributed by atoms with Gasteiger partial charge in [0.15, 0.2) is 6.04 Å². The van der Waals surface area contributed by atoms with Gasteiger partial charge in [-0.2, -0.15) is 5.26 Å². The first-order chi connectivity index (χ1) is 14.1. The van der Waals surface area contributed by atoms with Gasteiger partial charge in [0.1, 0.15) is 18.7 Å².